The number of hydrogen-bond acceptors (Lipinski definition) is 0. The average Bonchev–Trinajstić information content (AvgIpc) is 1.09. The Labute approximate surface area is 757 Å². The summed E-state index contributed by atoms with van der Waals surface area (Å²) in [5.74, 6) is 0. The SMILES string of the molecule is c1ccc2c(c1)c(-n1c3ccccc3c3cc(-c4ccc5c(c4)c4ccccc4n5-c4cc5c6ccccc6c6ccccc6c5c5ccccc45)ccc31)cc1c3ccccc3c3ccccc3c21.c1ccc2c(c1)c1ccccc1c1cc(-n3c4ccccc4c4cc(-c5ccc6c(c5)c5ccccc5n6-c5ccc6c7ccccc7c7ccccc7c6c5)ccc43)ccc21. The van der Waals surface area contributed by atoms with E-state index in [0.29, 0.717) is 0 Å². The fourth-order valence-electron chi connectivity index (χ4n) is 23.6. The summed E-state index contributed by atoms with van der Waals surface area (Å²) in [4.78, 5) is 0. The summed E-state index contributed by atoms with van der Waals surface area (Å²) in [6, 6.07) is 172. The molecule has 0 aliphatic rings. The highest BCUT2D eigenvalue weighted by Crippen LogP contribution is 2.50. The Bertz CT molecular complexity index is 9680. The lowest BCUT2D eigenvalue weighted by atomic mass is 9.90. The van der Waals surface area contributed by atoms with Crippen molar-refractivity contribution >= 4 is 238 Å². The first-order chi connectivity index (χ1) is 65.5. The highest BCUT2D eigenvalue weighted by atomic mass is 15.0. The highest BCUT2D eigenvalue weighted by molar-refractivity contribution is 6.36. The van der Waals surface area contributed by atoms with Crippen LogP contribution in [0.2, 0.25) is 0 Å². The summed E-state index contributed by atoms with van der Waals surface area (Å²) >= 11 is 0. The normalized spacial score (nSPS) is 12.2. The van der Waals surface area contributed by atoms with Crippen molar-refractivity contribution in [2.45, 2.75) is 0 Å². The molecule has 26 aromatic carbocycles. The van der Waals surface area contributed by atoms with Gasteiger partial charge in [-0.15, -0.1) is 0 Å². The Morgan fingerprint density at radius 2 is 0.280 bits per heavy atom. The van der Waals surface area contributed by atoms with E-state index in [2.05, 4.69) is 479 Å². The van der Waals surface area contributed by atoms with Gasteiger partial charge in [0.05, 0.1) is 55.5 Å². The lowest BCUT2D eigenvalue weighted by molar-refractivity contribution is 1.19. The molecule has 0 fully saturated rings. The van der Waals surface area contributed by atoms with Gasteiger partial charge in [0.25, 0.3) is 0 Å². The second-order valence-electron chi connectivity index (χ2n) is 35.9. The number of hydrogen-bond donors (Lipinski definition) is 0. The zero-order valence-electron chi connectivity index (χ0n) is 71.7. The monoisotopic (exact) mass is 1670 g/mol. The van der Waals surface area contributed by atoms with Crippen molar-refractivity contribution in [2.75, 3.05) is 0 Å². The number of nitrogens with zero attached hydrogens (tertiary/aromatic N) is 4. The molecule has 4 heteroatoms. The van der Waals surface area contributed by atoms with Gasteiger partial charge in [-0.05, 0) is 271 Å². The van der Waals surface area contributed by atoms with Crippen LogP contribution >= 0.6 is 0 Å². The molecule has 0 radical (unpaired) electrons. The van der Waals surface area contributed by atoms with Crippen molar-refractivity contribution in [1.29, 1.82) is 0 Å². The van der Waals surface area contributed by atoms with E-state index in [1.54, 1.807) is 0 Å². The quantitative estimate of drug-likeness (QED) is 0.148. The van der Waals surface area contributed by atoms with Gasteiger partial charge in [-0.1, -0.05) is 352 Å². The molecule has 608 valence electrons. The van der Waals surface area contributed by atoms with Gasteiger partial charge >= 0.3 is 0 Å². The molecule has 0 saturated heterocycles. The second-order valence-corrected chi connectivity index (χ2v) is 35.9. The van der Waals surface area contributed by atoms with Gasteiger partial charge in [-0.25, -0.2) is 0 Å². The molecular formula is C128H76N4. The van der Waals surface area contributed by atoms with E-state index < -0.39 is 0 Å². The number of aromatic nitrogens is 4. The topological polar surface area (TPSA) is 19.7 Å². The van der Waals surface area contributed by atoms with Gasteiger partial charge in [-0.2, -0.15) is 0 Å². The summed E-state index contributed by atoms with van der Waals surface area (Å²) < 4.78 is 9.92. The maximum Gasteiger partial charge on any atom is 0.0547 e. The molecule has 0 N–H and O–H groups in total. The minimum absolute atomic E-state index is 1.17. The molecule has 30 rings (SSSR count). The lowest BCUT2D eigenvalue weighted by Crippen LogP contribution is -1.97. The highest BCUT2D eigenvalue weighted by Gasteiger charge is 2.26. The third-order valence-corrected chi connectivity index (χ3v) is 29.3. The van der Waals surface area contributed by atoms with Crippen molar-refractivity contribution < 1.29 is 0 Å². The van der Waals surface area contributed by atoms with Crippen LogP contribution in [-0.2, 0) is 0 Å². The van der Waals surface area contributed by atoms with Crippen LogP contribution in [0.4, 0.5) is 0 Å². The van der Waals surface area contributed by atoms with E-state index in [1.807, 2.05) is 0 Å². The van der Waals surface area contributed by atoms with Crippen LogP contribution in [0, 0.1) is 0 Å². The van der Waals surface area contributed by atoms with Crippen LogP contribution in [-0.4, -0.2) is 18.3 Å². The minimum atomic E-state index is 1.17. The molecule has 0 aliphatic heterocycles. The third-order valence-electron chi connectivity index (χ3n) is 29.3. The Kier molecular flexibility index (Phi) is 15.4. The van der Waals surface area contributed by atoms with E-state index in [9.17, 15) is 0 Å². The Hall–Kier alpha value is -17.4. The molecule has 0 spiro atoms. The molecule has 0 amide bonds. The van der Waals surface area contributed by atoms with Crippen molar-refractivity contribution in [3.63, 3.8) is 0 Å². The molecular weight excluding hydrogens is 1590 g/mol. The zero-order chi connectivity index (χ0) is 86.1. The predicted octanol–water partition coefficient (Wildman–Crippen LogP) is 35.2. The van der Waals surface area contributed by atoms with Crippen molar-refractivity contribution in [3.05, 3.63) is 461 Å². The Morgan fingerprint density at radius 1 is 0.0985 bits per heavy atom. The number of rotatable bonds is 6. The van der Waals surface area contributed by atoms with E-state index in [4.69, 9.17) is 0 Å². The molecule has 0 unspecified atom stereocenters. The first kappa shape index (κ1) is 72.7. The fourth-order valence-corrected chi connectivity index (χ4v) is 23.6. The van der Waals surface area contributed by atoms with Crippen LogP contribution in [0.25, 0.3) is 283 Å². The maximum atomic E-state index is 2.51. The molecule has 0 aliphatic carbocycles. The first-order valence-corrected chi connectivity index (χ1v) is 45.8. The van der Waals surface area contributed by atoms with Gasteiger partial charge in [0.1, 0.15) is 0 Å². The number of para-hydroxylation sites is 4. The molecule has 0 atom stereocenters. The molecule has 132 heavy (non-hydrogen) atoms. The van der Waals surface area contributed by atoms with Crippen molar-refractivity contribution in [1.82, 2.24) is 18.3 Å². The van der Waals surface area contributed by atoms with Crippen LogP contribution in [0.3, 0.4) is 0 Å². The van der Waals surface area contributed by atoms with Gasteiger partial charge in [0, 0.05) is 65.2 Å². The third kappa shape index (κ3) is 10.4. The number of fused-ring (bicyclic) bond motifs is 40. The summed E-state index contributed by atoms with van der Waals surface area (Å²) in [6.07, 6.45) is 0. The van der Waals surface area contributed by atoms with Gasteiger partial charge in [0.2, 0.25) is 0 Å². The van der Waals surface area contributed by atoms with Gasteiger partial charge in [-0.3, -0.25) is 0 Å². The lowest BCUT2D eigenvalue weighted by Gasteiger charge is -2.18. The molecule has 0 bridgehead atoms. The summed E-state index contributed by atoms with van der Waals surface area (Å²) in [7, 11) is 0. The standard InChI is InChI=1S/C68H40N2.C60H36N2/c1-3-21-47-43(17-1)45-19-5-9-27-53(45)67-55-29-11-7-23-49(55)65(39-59(47)67)69-61-31-15-13-25-51(61)57-37-41(33-35-63(57)69)42-34-36-64-58(38-42)52-26-14-16-32-62(52)70(64)66-40-60-48-22-4-2-18-44(48)46-20-6-10-28-54(46)68(60)56-30-12-8-24-50(56)66;1-3-17-45-41(13-1)43-15-5-7-19-47(43)53-35-39(27-29-49(45)53)61-57-23-11-9-21-51(57)55-33-37(25-31-59(55)61)38-26-32-60-56(34-38)52-22-10-12-24-58(52)62(60)40-28-30-50-46-18-4-2-14-42(46)44-16-6-8-20-48(44)54(50)36-40/h1-40H;1-36H. The minimum Gasteiger partial charge on any atom is -0.309 e. The molecule has 4 aromatic heterocycles. The average molecular weight is 1670 g/mol. The van der Waals surface area contributed by atoms with Gasteiger partial charge < -0.3 is 18.3 Å². The largest absolute Gasteiger partial charge is 0.309 e. The molecule has 0 saturated carbocycles. The Morgan fingerprint density at radius 3 is 0.553 bits per heavy atom. The first-order valence-electron chi connectivity index (χ1n) is 45.8. The van der Waals surface area contributed by atoms with Crippen molar-refractivity contribution in [3.8, 4) is 45.0 Å². The zero-order valence-corrected chi connectivity index (χ0v) is 71.7. The number of benzene rings is 26. The summed E-state index contributed by atoms with van der Waals surface area (Å²) in [5, 5.41) is 45.9. The molecule has 4 nitrogen and oxygen atoms in total. The summed E-state index contributed by atoms with van der Waals surface area (Å²) in [6.45, 7) is 0. The van der Waals surface area contributed by atoms with Crippen LogP contribution in [0.1, 0.15) is 0 Å². The maximum absolute atomic E-state index is 2.51. The van der Waals surface area contributed by atoms with E-state index in [0.717, 1.165) is 0 Å². The summed E-state index contributed by atoms with van der Waals surface area (Å²) in [5.41, 5.74) is 19.1. The van der Waals surface area contributed by atoms with E-state index >= 15 is 0 Å². The van der Waals surface area contributed by atoms with Crippen LogP contribution in [0.5, 0.6) is 0 Å². The van der Waals surface area contributed by atoms with E-state index in [-0.39, 0.29) is 0 Å². The fraction of sp³-hybridized carbons (Fsp3) is 0. The smallest absolute Gasteiger partial charge is 0.0547 e. The second kappa shape index (κ2) is 28.0. The molecule has 30 aromatic rings. The molecule has 4 heterocycles. The van der Waals surface area contributed by atoms with Crippen molar-refractivity contribution in [2.24, 2.45) is 0 Å². The van der Waals surface area contributed by atoms with Crippen LogP contribution < -0.4 is 0 Å². The van der Waals surface area contributed by atoms with Gasteiger partial charge in [0.15, 0.2) is 0 Å². The van der Waals surface area contributed by atoms with E-state index in [1.165, 1.54) is 283 Å². The predicted molar refractivity (Wildman–Crippen MR) is 566 cm³/mol. The van der Waals surface area contributed by atoms with Crippen LogP contribution in [0.15, 0.2) is 461 Å². The Balaban J connectivity index is 0.000000130.